The predicted molar refractivity (Wildman–Crippen MR) is 131 cm³/mol. The number of carbonyl (C=O) groups excluding carboxylic acids is 2. The molecule has 0 spiro atoms. The molecule has 3 heterocycles. The first kappa shape index (κ1) is 22.4. The summed E-state index contributed by atoms with van der Waals surface area (Å²) in [5.74, 6) is -2.36. The highest BCUT2D eigenvalue weighted by molar-refractivity contribution is 7.22. The van der Waals surface area contributed by atoms with Gasteiger partial charge >= 0.3 is 5.91 Å². The van der Waals surface area contributed by atoms with Crippen LogP contribution in [0.3, 0.4) is 0 Å². The van der Waals surface area contributed by atoms with Gasteiger partial charge in [0.25, 0.3) is 5.78 Å². The van der Waals surface area contributed by atoms with Gasteiger partial charge < -0.3 is 9.84 Å². The van der Waals surface area contributed by atoms with Gasteiger partial charge in [-0.1, -0.05) is 23.5 Å². The number of thiazole rings is 1. The van der Waals surface area contributed by atoms with Crippen LogP contribution in [0.5, 0.6) is 5.75 Å². The van der Waals surface area contributed by atoms with Crippen molar-refractivity contribution in [3.63, 3.8) is 0 Å². The average Bonchev–Trinajstić information content (AvgIpc) is 3.51. The summed E-state index contributed by atoms with van der Waals surface area (Å²) in [7, 11) is 0. The smallest absolute Gasteiger partial charge is 0.301 e. The number of ether oxygens (including phenoxy) is 1. The van der Waals surface area contributed by atoms with E-state index >= 15 is 0 Å². The van der Waals surface area contributed by atoms with Crippen LogP contribution < -0.4 is 9.64 Å². The fourth-order valence-electron chi connectivity index (χ4n) is 4.70. The third-order valence-corrected chi connectivity index (χ3v) is 7.36. The molecule has 0 radical (unpaired) electrons. The summed E-state index contributed by atoms with van der Waals surface area (Å²) in [6.45, 7) is 1.93. The number of nitrogens with zero attached hydrogens (tertiary/aromatic N) is 2. The summed E-state index contributed by atoms with van der Waals surface area (Å²) in [4.78, 5) is 32.3. The van der Waals surface area contributed by atoms with Gasteiger partial charge in [-0.15, -0.1) is 0 Å². The van der Waals surface area contributed by atoms with Gasteiger partial charge in [-0.2, -0.15) is 0 Å². The molecule has 0 bridgehead atoms. The molecule has 1 saturated heterocycles. The Bertz CT molecular complexity index is 1600. The van der Waals surface area contributed by atoms with E-state index in [4.69, 9.17) is 4.74 Å². The van der Waals surface area contributed by atoms with Crippen LogP contribution in [0.15, 0.2) is 66.2 Å². The minimum absolute atomic E-state index is 0.00827. The van der Waals surface area contributed by atoms with E-state index in [1.165, 1.54) is 47.4 Å². The molecule has 6 nitrogen and oxygen atoms in total. The van der Waals surface area contributed by atoms with Crippen LogP contribution >= 0.6 is 11.3 Å². The molecule has 180 valence electrons. The van der Waals surface area contributed by atoms with Crippen molar-refractivity contribution in [3.8, 4) is 5.75 Å². The highest BCUT2D eigenvalue weighted by Crippen LogP contribution is 2.45. The Hall–Kier alpha value is -4.11. The van der Waals surface area contributed by atoms with E-state index in [2.05, 4.69) is 4.98 Å². The van der Waals surface area contributed by atoms with Crippen LogP contribution in [0, 0.1) is 11.6 Å². The molecule has 2 aliphatic heterocycles. The zero-order valence-corrected chi connectivity index (χ0v) is 19.7. The monoisotopic (exact) mass is 504 g/mol. The van der Waals surface area contributed by atoms with Crippen LogP contribution in [0.4, 0.5) is 13.9 Å². The second-order valence-corrected chi connectivity index (χ2v) is 9.79. The van der Waals surface area contributed by atoms with Crippen molar-refractivity contribution in [1.29, 1.82) is 0 Å². The lowest BCUT2D eigenvalue weighted by atomic mass is 9.94. The van der Waals surface area contributed by atoms with Crippen LogP contribution in [-0.2, 0) is 16.0 Å². The van der Waals surface area contributed by atoms with E-state index in [0.29, 0.717) is 33.5 Å². The van der Waals surface area contributed by atoms with Crippen molar-refractivity contribution in [1.82, 2.24) is 4.98 Å². The Morgan fingerprint density at radius 2 is 1.81 bits per heavy atom. The number of aliphatic hydroxyl groups excluding tert-OH is 1. The molecule has 2 aliphatic rings. The highest BCUT2D eigenvalue weighted by atomic mass is 32.1. The summed E-state index contributed by atoms with van der Waals surface area (Å²) in [6.07, 6.45) is 0.639. The van der Waals surface area contributed by atoms with Crippen molar-refractivity contribution in [3.05, 3.63) is 94.6 Å². The Labute approximate surface area is 208 Å². The Morgan fingerprint density at radius 3 is 2.58 bits per heavy atom. The molecule has 6 rings (SSSR count). The molecule has 36 heavy (non-hydrogen) atoms. The van der Waals surface area contributed by atoms with Crippen LogP contribution in [0.2, 0.25) is 0 Å². The number of hydrogen-bond acceptors (Lipinski definition) is 6. The van der Waals surface area contributed by atoms with Crippen molar-refractivity contribution >= 4 is 44.1 Å². The summed E-state index contributed by atoms with van der Waals surface area (Å²) >= 11 is 1.05. The minimum atomic E-state index is -1.06. The number of aliphatic hydroxyl groups is 1. The van der Waals surface area contributed by atoms with Crippen molar-refractivity contribution < 1.29 is 28.2 Å². The number of halogens is 2. The standard InChI is InChI=1S/C27H18F2N2O4S/c1-13-10-16-11-15(4-9-20(16)35-13)24(32)22-23(14-2-5-17(28)6-3-14)31(26(34)25(22)33)27-30-19-8-7-18(29)12-21(19)36-27/h2-9,11-13,23,32H,10H2,1H3/b24-22-. The van der Waals surface area contributed by atoms with Crippen LogP contribution in [0.1, 0.15) is 29.7 Å². The molecule has 0 saturated carbocycles. The molecule has 4 aromatic rings. The van der Waals surface area contributed by atoms with E-state index < -0.39 is 29.4 Å². The molecule has 1 aromatic heterocycles. The van der Waals surface area contributed by atoms with Gasteiger partial charge in [0, 0.05) is 12.0 Å². The number of hydrogen-bond donors (Lipinski definition) is 1. The number of Topliss-reactive ketones (excluding diaryl/α,β-unsaturated/α-hetero) is 1. The van der Waals surface area contributed by atoms with Gasteiger partial charge in [-0.25, -0.2) is 13.8 Å². The maximum Gasteiger partial charge on any atom is 0.301 e. The Kier molecular flexibility index (Phi) is 5.11. The Balaban J connectivity index is 1.53. The number of ketones is 1. The fourth-order valence-corrected chi connectivity index (χ4v) is 5.72. The molecular weight excluding hydrogens is 486 g/mol. The predicted octanol–water partition coefficient (Wildman–Crippen LogP) is 5.52. The third kappa shape index (κ3) is 3.54. The number of fused-ring (bicyclic) bond motifs is 2. The number of anilines is 1. The first-order chi connectivity index (χ1) is 17.3. The molecule has 9 heteroatoms. The van der Waals surface area contributed by atoms with Crippen LogP contribution in [0.25, 0.3) is 16.0 Å². The van der Waals surface area contributed by atoms with Gasteiger partial charge in [0.1, 0.15) is 29.2 Å². The number of carbonyl (C=O) groups is 2. The minimum Gasteiger partial charge on any atom is -0.507 e. The fraction of sp³-hybridized carbons (Fsp3) is 0.148. The van der Waals surface area contributed by atoms with Gasteiger partial charge in [0.2, 0.25) is 0 Å². The van der Waals surface area contributed by atoms with Gasteiger partial charge in [0.15, 0.2) is 5.13 Å². The zero-order chi connectivity index (χ0) is 25.1. The average molecular weight is 505 g/mol. The summed E-state index contributed by atoms with van der Waals surface area (Å²) in [6, 6.07) is 13.4. The molecule has 2 atom stereocenters. The summed E-state index contributed by atoms with van der Waals surface area (Å²) in [5, 5.41) is 11.5. The first-order valence-electron chi connectivity index (χ1n) is 11.2. The van der Waals surface area contributed by atoms with Gasteiger partial charge in [-0.3, -0.25) is 14.5 Å². The normalized spacial score (nSPS) is 20.7. The molecule has 1 fully saturated rings. The molecule has 1 N–H and O–H groups in total. The molecule has 2 unspecified atom stereocenters. The van der Waals surface area contributed by atoms with E-state index in [0.717, 1.165) is 16.9 Å². The first-order valence-corrected chi connectivity index (χ1v) is 12.0. The summed E-state index contributed by atoms with van der Waals surface area (Å²) < 4.78 is 33.7. The maximum atomic E-state index is 13.8. The number of rotatable bonds is 3. The number of aromatic nitrogens is 1. The number of amides is 1. The number of benzene rings is 3. The lowest BCUT2D eigenvalue weighted by Gasteiger charge is -2.23. The van der Waals surface area contributed by atoms with E-state index in [1.54, 1.807) is 18.2 Å². The topological polar surface area (TPSA) is 79.7 Å². The van der Waals surface area contributed by atoms with Crippen molar-refractivity contribution in [2.75, 3.05) is 4.90 Å². The zero-order valence-electron chi connectivity index (χ0n) is 18.9. The van der Waals surface area contributed by atoms with E-state index in [-0.39, 0.29) is 22.6 Å². The largest absolute Gasteiger partial charge is 0.507 e. The lowest BCUT2D eigenvalue weighted by Crippen LogP contribution is -2.29. The van der Waals surface area contributed by atoms with Crippen molar-refractivity contribution in [2.24, 2.45) is 0 Å². The van der Waals surface area contributed by atoms with E-state index in [9.17, 15) is 23.5 Å². The van der Waals surface area contributed by atoms with E-state index in [1.807, 2.05) is 6.92 Å². The lowest BCUT2D eigenvalue weighted by molar-refractivity contribution is -0.132. The third-order valence-electron chi connectivity index (χ3n) is 6.34. The maximum absolute atomic E-state index is 13.8. The summed E-state index contributed by atoms with van der Waals surface area (Å²) in [5.41, 5.74) is 1.99. The van der Waals surface area contributed by atoms with Crippen LogP contribution in [-0.4, -0.2) is 27.9 Å². The molecule has 3 aromatic carbocycles. The highest BCUT2D eigenvalue weighted by Gasteiger charge is 2.48. The Morgan fingerprint density at radius 1 is 1.06 bits per heavy atom. The second-order valence-electron chi connectivity index (χ2n) is 8.78. The quantitative estimate of drug-likeness (QED) is 0.226. The molecular formula is C27H18F2N2O4S. The van der Waals surface area contributed by atoms with Gasteiger partial charge in [0.05, 0.1) is 21.8 Å². The van der Waals surface area contributed by atoms with Gasteiger partial charge in [-0.05, 0) is 66.6 Å². The molecule has 0 aliphatic carbocycles. The molecule has 1 amide bonds. The second kappa shape index (κ2) is 8.23. The van der Waals surface area contributed by atoms with Crippen molar-refractivity contribution in [2.45, 2.75) is 25.5 Å². The SMILES string of the molecule is CC1Cc2cc(/C(O)=C3/C(=O)C(=O)N(c4nc5ccc(F)cc5s4)C3c3ccc(F)cc3)ccc2O1.